The highest BCUT2D eigenvalue weighted by molar-refractivity contribution is 5.97. The van der Waals surface area contributed by atoms with Crippen molar-refractivity contribution in [3.8, 4) is 0 Å². The van der Waals surface area contributed by atoms with Gasteiger partial charge < -0.3 is 5.32 Å². The van der Waals surface area contributed by atoms with Crippen LogP contribution in [-0.2, 0) is 13.1 Å². The van der Waals surface area contributed by atoms with E-state index in [0.717, 1.165) is 23.5 Å². The molecule has 0 bridgehead atoms. The van der Waals surface area contributed by atoms with Crippen LogP contribution in [0.2, 0.25) is 0 Å². The first kappa shape index (κ1) is 17.7. The highest BCUT2D eigenvalue weighted by Gasteiger charge is 2.15. The summed E-state index contributed by atoms with van der Waals surface area (Å²) in [5.74, 6) is 0.753. The van der Waals surface area contributed by atoms with Crippen molar-refractivity contribution in [3.05, 3.63) is 59.2 Å². The lowest BCUT2D eigenvalue weighted by atomic mass is 9.99. The highest BCUT2D eigenvalue weighted by Crippen LogP contribution is 2.18. The second-order valence-corrected chi connectivity index (χ2v) is 7.48. The third kappa shape index (κ3) is 4.34. The summed E-state index contributed by atoms with van der Waals surface area (Å²) in [5.41, 5.74) is 4.47. The summed E-state index contributed by atoms with van der Waals surface area (Å²) in [5, 5.41) is 13.5. The molecule has 1 amide bonds. The summed E-state index contributed by atoms with van der Waals surface area (Å²) < 4.78 is 0. The number of hydrogen-bond donors (Lipinski definition) is 2. The Kier molecular flexibility index (Phi) is 5.16. The minimum atomic E-state index is -0.105. The van der Waals surface area contributed by atoms with Crippen molar-refractivity contribution in [1.29, 1.82) is 0 Å². The number of fused-ring (bicyclic) bond motifs is 1. The number of nitrogens with zero attached hydrogens (tertiary/aromatic N) is 3. The second kappa shape index (κ2) is 7.88. The Morgan fingerprint density at radius 2 is 1.78 bits per heavy atom. The maximum absolute atomic E-state index is 12.4. The van der Waals surface area contributed by atoms with E-state index in [0.29, 0.717) is 17.6 Å². The average molecular weight is 363 g/mol. The molecule has 140 valence electrons. The molecule has 1 fully saturated rings. The minimum absolute atomic E-state index is 0.105. The average Bonchev–Trinajstić information content (AvgIpc) is 3.17. The first-order valence-electron chi connectivity index (χ1n) is 9.56. The summed E-state index contributed by atoms with van der Waals surface area (Å²) in [6.07, 6.45) is 2.59. The van der Waals surface area contributed by atoms with Gasteiger partial charge in [-0.3, -0.25) is 9.69 Å². The zero-order chi connectivity index (χ0) is 18.6. The molecule has 0 spiro atoms. The van der Waals surface area contributed by atoms with Gasteiger partial charge in [-0.25, -0.2) is 0 Å². The fourth-order valence-electron chi connectivity index (χ4n) is 3.51. The number of piperidine rings is 1. The molecule has 4 rings (SSSR count). The van der Waals surface area contributed by atoms with Gasteiger partial charge in [-0.05, 0) is 61.2 Å². The van der Waals surface area contributed by atoms with Gasteiger partial charge in [0.2, 0.25) is 0 Å². The van der Waals surface area contributed by atoms with Crippen LogP contribution in [0.4, 0.5) is 0 Å². The molecule has 6 heteroatoms. The van der Waals surface area contributed by atoms with E-state index < -0.39 is 0 Å². The molecule has 0 aliphatic carbocycles. The van der Waals surface area contributed by atoms with Crippen molar-refractivity contribution >= 4 is 16.9 Å². The van der Waals surface area contributed by atoms with Gasteiger partial charge in [-0.1, -0.05) is 31.2 Å². The number of aromatic amines is 1. The van der Waals surface area contributed by atoms with E-state index in [1.807, 2.05) is 0 Å². The van der Waals surface area contributed by atoms with Gasteiger partial charge in [0.1, 0.15) is 11.0 Å². The molecule has 2 heterocycles. The molecule has 0 atom stereocenters. The number of carbonyl (C=O) groups is 1. The van der Waals surface area contributed by atoms with Gasteiger partial charge in [0, 0.05) is 18.7 Å². The molecule has 0 saturated carbocycles. The predicted octanol–water partition coefficient (Wildman–Crippen LogP) is 3.12. The van der Waals surface area contributed by atoms with Crippen LogP contribution in [0.5, 0.6) is 0 Å². The molecule has 1 aromatic heterocycles. The number of likely N-dealkylation sites (tertiary alicyclic amines) is 1. The zero-order valence-corrected chi connectivity index (χ0v) is 15.6. The van der Waals surface area contributed by atoms with Crippen LogP contribution in [0.3, 0.4) is 0 Å². The molecule has 1 aliphatic heterocycles. The first-order valence-corrected chi connectivity index (χ1v) is 9.56. The summed E-state index contributed by atoms with van der Waals surface area (Å²) in [6.45, 7) is 6.24. The van der Waals surface area contributed by atoms with Crippen LogP contribution in [0.1, 0.15) is 41.3 Å². The topological polar surface area (TPSA) is 73.9 Å². The summed E-state index contributed by atoms with van der Waals surface area (Å²) >= 11 is 0. The normalized spacial score (nSPS) is 15.9. The summed E-state index contributed by atoms with van der Waals surface area (Å²) in [4.78, 5) is 14.9. The largest absolute Gasteiger partial charge is 0.348 e. The van der Waals surface area contributed by atoms with Crippen molar-refractivity contribution in [1.82, 2.24) is 25.6 Å². The molecule has 1 aliphatic rings. The zero-order valence-electron chi connectivity index (χ0n) is 15.6. The number of aromatic nitrogens is 3. The van der Waals surface area contributed by atoms with E-state index in [-0.39, 0.29) is 5.91 Å². The number of hydrogen-bond acceptors (Lipinski definition) is 4. The fraction of sp³-hybridized carbons (Fsp3) is 0.381. The number of benzene rings is 2. The van der Waals surface area contributed by atoms with Crippen LogP contribution in [0.25, 0.3) is 11.0 Å². The summed E-state index contributed by atoms with van der Waals surface area (Å²) in [6, 6.07) is 13.8. The highest BCUT2D eigenvalue weighted by atomic mass is 16.1. The Labute approximate surface area is 159 Å². The molecule has 0 radical (unpaired) electrons. The quantitative estimate of drug-likeness (QED) is 0.730. The number of carbonyl (C=O) groups excluding carboxylic acids is 1. The van der Waals surface area contributed by atoms with Gasteiger partial charge in [0.25, 0.3) is 5.91 Å². The van der Waals surface area contributed by atoms with Crippen LogP contribution < -0.4 is 5.32 Å². The van der Waals surface area contributed by atoms with Crippen molar-refractivity contribution in [2.75, 3.05) is 13.1 Å². The molecule has 1 saturated heterocycles. The lowest BCUT2D eigenvalue weighted by Gasteiger charge is -2.30. The molecule has 3 aromatic rings. The molecule has 2 N–H and O–H groups in total. The van der Waals surface area contributed by atoms with Gasteiger partial charge in [-0.2, -0.15) is 15.4 Å². The monoisotopic (exact) mass is 363 g/mol. The van der Waals surface area contributed by atoms with E-state index in [2.05, 4.69) is 56.8 Å². The van der Waals surface area contributed by atoms with E-state index in [1.165, 1.54) is 31.5 Å². The Bertz CT molecular complexity index is 910. The van der Waals surface area contributed by atoms with Crippen molar-refractivity contribution in [2.24, 2.45) is 5.92 Å². The Morgan fingerprint density at radius 1 is 1.07 bits per heavy atom. The molecule has 0 unspecified atom stereocenters. The van der Waals surface area contributed by atoms with Crippen molar-refractivity contribution in [2.45, 2.75) is 32.9 Å². The van der Waals surface area contributed by atoms with Gasteiger partial charge in [0.15, 0.2) is 0 Å². The number of rotatable bonds is 5. The van der Waals surface area contributed by atoms with Gasteiger partial charge in [-0.15, -0.1) is 0 Å². The van der Waals surface area contributed by atoms with Crippen LogP contribution >= 0.6 is 0 Å². The third-order valence-corrected chi connectivity index (χ3v) is 5.34. The van der Waals surface area contributed by atoms with Crippen LogP contribution in [0.15, 0.2) is 42.5 Å². The van der Waals surface area contributed by atoms with Crippen molar-refractivity contribution < 1.29 is 4.79 Å². The lowest BCUT2D eigenvalue weighted by molar-refractivity contribution is 0.0951. The van der Waals surface area contributed by atoms with E-state index in [4.69, 9.17) is 0 Å². The maximum atomic E-state index is 12.4. The predicted molar refractivity (Wildman–Crippen MR) is 105 cm³/mol. The maximum Gasteiger partial charge on any atom is 0.251 e. The lowest BCUT2D eigenvalue weighted by Crippen LogP contribution is -2.32. The molecule has 27 heavy (non-hydrogen) atoms. The Morgan fingerprint density at radius 3 is 2.56 bits per heavy atom. The third-order valence-electron chi connectivity index (χ3n) is 5.34. The number of nitrogens with one attached hydrogen (secondary N) is 2. The van der Waals surface area contributed by atoms with Crippen molar-refractivity contribution in [3.63, 3.8) is 0 Å². The second-order valence-electron chi connectivity index (χ2n) is 7.48. The Balaban J connectivity index is 1.31. The van der Waals surface area contributed by atoms with Gasteiger partial charge in [0.05, 0.1) is 0 Å². The van der Waals surface area contributed by atoms with Gasteiger partial charge >= 0.3 is 0 Å². The van der Waals surface area contributed by atoms with E-state index in [1.54, 1.807) is 18.2 Å². The van der Waals surface area contributed by atoms with E-state index in [9.17, 15) is 4.79 Å². The molecular weight excluding hydrogens is 338 g/mol. The molecule has 2 aromatic carbocycles. The molecule has 6 nitrogen and oxygen atoms in total. The Hall–Kier alpha value is -2.73. The number of H-pyrrole nitrogens is 1. The first-order chi connectivity index (χ1) is 13.2. The fourth-order valence-corrected chi connectivity index (χ4v) is 3.51. The number of amides is 1. The molecular formula is C21H25N5O. The van der Waals surface area contributed by atoms with E-state index >= 15 is 0 Å². The smallest absolute Gasteiger partial charge is 0.251 e. The SMILES string of the molecule is CC1CCN(Cc2ccc(CNC(=O)c3ccc4n[nH]nc4c3)cc2)CC1. The van der Waals surface area contributed by atoms with Crippen LogP contribution in [-0.4, -0.2) is 39.3 Å². The minimum Gasteiger partial charge on any atom is -0.348 e. The van der Waals surface area contributed by atoms with Crippen LogP contribution in [0, 0.1) is 5.92 Å². The standard InChI is InChI=1S/C21H25N5O/c1-15-8-10-26(11-9-15)14-17-4-2-16(3-5-17)13-22-21(27)18-6-7-19-20(12-18)24-25-23-19/h2-7,12,15H,8-11,13-14H2,1H3,(H,22,27)(H,23,24,25). The summed E-state index contributed by atoms with van der Waals surface area (Å²) in [7, 11) is 0.